The van der Waals surface area contributed by atoms with Gasteiger partial charge in [-0.2, -0.15) is 0 Å². The molecule has 92 valence electrons. The van der Waals surface area contributed by atoms with Crippen molar-refractivity contribution < 1.29 is 9.90 Å². The van der Waals surface area contributed by atoms with Gasteiger partial charge in [0, 0.05) is 16.5 Å². The number of aliphatic hydroxyl groups excluding tert-OH is 1. The third-order valence-corrected chi connectivity index (χ3v) is 3.19. The van der Waals surface area contributed by atoms with E-state index in [1.54, 1.807) is 12.1 Å². The summed E-state index contributed by atoms with van der Waals surface area (Å²) in [4.78, 5) is 10.8. The molecule has 0 heterocycles. The fourth-order valence-corrected chi connectivity index (χ4v) is 2.44. The van der Waals surface area contributed by atoms with Gasteiger partial charge in [0.15, 0.2) is 0 Å². The van der Waals surface area contributed by atoms with E-state index in [0.29, 0.717) is 12.0 Å². The fraction of sp³-hybridized carbons (Fsp3) is 0.133. The Bertz CT molecular complexity index is 537. The largest absolute Gasteiger partial charge is 0.388 e. The Morgan fingerprint density at radius 1 is 1.17 bits per heavy atom. The number of aldehydes is 1. The lowest BCUT2D eigenvalue weighted by Crippen LogP contribution is -2.02. The van der Waals surface area contributed by atoms with E-state index < -0.39 is 6.10 Å². The third kappa shape index (κ3) is 3.28. The summed E-state index contributed by atoms with van der Waals surface area (Å²) in [6.07, 6.45) is 0.744. The van der Waals surface area contributed by atoms with Crippen LogP contribution in [0.1, 0.15) is 27.6 Å². The summed E-state index contributed by atoms with van der Waals surface area (Å²) in [6, 6.07) is 15.0. The molecule has 0 bridgehead atoms. The van der Waals surface area contributed by atoms with E-state index in [4.69, 9.17) is 0 Å². The van der Waals surface area contributed by atoms with Gasteiger partial charge < -0.3 is 5.11 Å². The smallest absolute Gasteiger partial charge is 0.150 e. The van der Waals surface area contributed by atoms with Gasteiger partial charge in [-0.15, -0.1) is 0 Å². The summed E-state index contributed by atoms with van der Waals surface area (Å²) in [6.45, 7) is 0. The second-order valence-corrected chi connectivity index (χ2v) is 5.06. The molecule has 2 nitrogen and oxygen atoms in total. The van der Waals surface area contributed by atoms with Crippen LogP contribution in [-0.2, 0) is 6.42 Å². The highest BCUT2D eigenvalue weighted by atomic mass is 79.9. The van der Waals surface area contributed by atoms with Crippen LogP contribution in [0, 0.1) is 0 Å². The number of rotatable bonds is 4. The average molecular weight is 305 g/mol. The summed E-state index contributed by atoms with van der Waals surface area (Å²) in [5.74, 6) is 0. The van der Waals surface area contributed by atoms with E-state index in [1.807, 2.05) is 36.4 Å². The van der Waals surface area contributed by atoms with Gasteiger partial charge >= 0.3 is 0 Å². The SMILES string of the molecule is O=Cc1cc(Br)cc(CC(O)c2ccccc2)c1. The van der Waals surface area contributed by atoms with E-state index in [1.165, 1.54) is 0 Å². The Morgan fingerprint density at radius 2 is 1.89 bits per heavy atom. The van der Waals surface area contributed by atoms with Gasteiger partial charge in [-0.25, -0.2) is 0 Å². The molecule has 1 N–H and O–H groups in total. The van der Waals surface area contributed by atoms with Crippen LogP contribution in [0.5, 0.6) is 0 Å². The Kier molecular flexibility index (Phi) is 4.28. The maximum Gasteiger partial charge on any atom is 0.150 e. The quantitative estimate of drug-likeness (QED) is 0.877. The number of hydrogen-bond acceptors (Lipinski definition) is 2. The molecule has 2 aromatic rings. The summed E-state index contributed by atoms with van der Waals surface area (Å²) in [5.41, 5.74) is 2.42. The van der Waals surface area contributed by atoms with Crippen molar-refractivity contribution in [2.45, 2.75) is 12.5 Å². The first-order chi connectivity index (χ1) is 8.69. The molecule has 18 heavy (non-hydrogen) atoms. The standard InChI is InChI=1S/C15H13BrO2/c16-14-7-11(6-12(8-14)10-17)9-15(18)13-4-2-1-3-5-13/h1-8,10,15,18H,9H2. The first-order valence-electron chi connectivity index (χ1n) is 5.66. The van der Waals surface area contributed by atoms with Crippen LogP contribution in [0.15, 0.2) is 53.0 Å². The second kappa shape index (κ2) is 5.94. The zero-order valence-electron chi connectivity index (χ0n) is 9.71. The van der Waals surface area contributed by atoms with Gasteiger partial charge in [0.05, 0.1) is 6.10 Å². The molecule has 0 amide bonds. The van der Waals surface area contributed by atoms with E-state index in [-0.39, 0.29) is 0 Å². The monoisotopic (exact) mass is 304 g/mol. The molecule has 1 atom stereocenters. The summed E-state index contributed by atoms with van der Waals surface area (Å²) in [5, 5.41) is 10.1. The highest BCUT2D eigenvalue weighted by Crippen LogP contribution is 2.21. The van der Waals surface area contributed by atoms with Crippen LogP contribution >= 0.6 is 15.9 Å². The molecule has 1 unspecified atom stereocenters. The van der Waals surface area contributed by atoms with Gasteiger partial charge in [0.1, 0.15) is 6.29 Å². The maximum atomic E-state index is 10.8. The number of carbonyl (C=O) groups excluding carboxylic acids is 1. The summed E-state index contributed by atoms with van der Waals surface area (Å²) < 4.78 is 0.849. The lowest BCUT2D eigenvalue weighted by Gasteiger charge is -2.11. The van der Waals surface area contributed by atoms with Crippen molar-refractivity contribution in [3.8, 4) is 0 Å². The number of halogens is 1. The number of benzene rings is 2. The van der Waals surface area contributed by atoms with Crippen molar-refractivity contribution in [3.63, 3.8) is 0 Å². The minimum Gasteiger partial charge on any atom is -0.388 e. The molecule has 0 saturated heterocycles. The average Bonchev–Trinajstić information content (AvgIpc) is 2.39. The van der Waals surface area contributed by atoms with Crippen LogP contribution in [-0.4, -0.2) is 11.4 Å². The second-order valence-electron chi connectivity index (χ2n) is 4.14. The lowest BCUT2D eigenvalue weighted by molar-refractivity contribution is 0.112. The Balaban J connectivity index is 2.19. The first kappa shape index (κ1) is 13.0. The molecule has 0 radical (unpaired) electrons. The van der Waals surface area contributed by atoms with Crippen LogP contribution < -0.4 is 0 Å². The Labute approximate surface area is 114 Å². The van der Waals surface area contributed by atoms with Gasteiger partial charge in [-0.1, -0.05) is 46.3 Å². The number of carbonyl (C=O) groups is 1. The normalized spacial score (nSPS) is 12.1. The fourth-order valence-electron chi connectivity index (χ4n) is 1.88. The Hall–Kier alpha value is -1.45. The first-order valence-corrected chi connectivity index (χ1v) is 6.46. The molecule has 0 aliphatic rings. The molecular formula is C15H13BrO2. The minimum absolute atomic E-state index is 0.490. The van der Waals surface area contributed by atoms with Gasteiger partial charge in [0.25, 0.3) is 0 Å². The molecular weight excluding hydrogens is 292 g/mol. The van der Waals surface area contributed by atoms with Crippen LogP contribution in [0.4, 0.5) is 0 Å². The zero-order valence-corrected chi connectivity index (χ0v) is 11.3. The van der Waals surface area contributed by atoms with Crippen molar-refractivity contribution in [3.05, 3.63) is 69.7 Å². The third-order valence-electron chi connectivity index (χ3n) is 2.73. The summed E-state index contributed by atoms with van der Waals surface area (Å²) in [7, 11) is 0. The molecule has 0 saturated carbocycles. The topological polar surface area (TPSA) is 37.3 Å². The van der Waals surface area contributed by atoms with Gasteiger partial charge in [-0.05, 0) is 29.3 Å². The molecule has 0 aromatic heterocycles. The molecule has 3 heteroatoms. The van der Waals surface area contributed by atoms with E-state index in [2.05, 4.69) is 15.9 Å². The highest BCUT2D eigenvalue weighted by Gasteiger charge is 2.09. The van der Waals surface area contributed by atoms with Gasteiger partial charge in [-0.3, -0.25) is 4.79 Å². The molecule has 0 fully saturated rings. The molecule has 0 aliphatic carbocycles. The van der Waals surface area contributed by atoms with Crippen molar-refractivity contribution in [1.82, 2.24) is 0 Å². The zero-order chi connectivity index (χ0) is 13.0. The molecule has 0 aliphatic heterocycles. The van der Waals surface area contributed by atoms with E-state index >= 15 is 0 Å². The Morgan fingerprint density at radius 3 is 2.56 bits per heavy atom. The maximum absolute atomic E-state index is 10.8. The molecule has 2 aromatic carbocycles. The van der Waals surface area contributed by atoms with E-state index in [0.717, 1.165) is 21.9 Å². The van der Waals surface area contributed by atoms with Crippen molar-refractivity contribution in [1.29, 1.82) is 0 Å². The van der Waals surface area contributed by atoms with Crippen molar-refractivity contribution >= 4 is 22.2 Å². The van der Waals surface area contributed by atoms with Crippen LogP contribution in [0.3, 0.4) is 0 Å². The molecule has 0 spiro atoms. The van der Waals surface area contributed by atoms with Crippen molar-refractivity contribution in [2.75, 3.05) is 0 Å². The summed E-state index contributed by atoms with van der Waals surface area (Å²) >= 11 is 3.36. The predicted molar refractivity (Wildman–Crippen MR) is 74.6 cm³/mol. The number of hydrogen-bond donors (Lipinski definition) is 1. The number of aliphatic hydroxyl groups is 1. The van der Waals surface area contributed by atoms with Gasteiger partial charge in [0.2, 0.25) is 0 Å². The highest BCUT2D eigenvalue weighted by molar-refractivity contribution is 9.10. The molecule has 2 rings (SSSR count). The lowest BCUT2D eigenvalue weighted by atomic mass is 10.0. The van der Waals surface area contributed by atoms with E-state index in [9.17, 15) is 9.90 Å². The van der Waals surface area contributed by atoms with Crippen LogP contribution in [0.25, 0.3) is 0 Å². The predicted octanol–water partition coefficient (Wildman–Crippen LogP) is 3.54. The van der Waals surface area contributed by atoms with Crippen LogP contribution in [0.2, 0.25) is 0 Å². The minimum atomic E-state index is -0.556. The van der Waals surface area contributed by atoms with Crippen molar-refractivity contribution in [2.24, 2.45) is 0 Å².